The maximum Gasteiger partial charge on any atom is 0.223 e. The highest BCUT2D eigenvalue weighted by molar-refractivity contribution is 5.79. The summed E-state index contributed by atoms with van der Waals surface area (Å²) < 4.78 is 4.81. The third kappa shape index (κ3) is 6.00. The summed E-state index contributed by atoms with van der Waals surface area (Å²) >= 11 is 0. The normalized spacial score (nSPS) is 16.3. The zero-order valence-electron chi connectivity index (χ0n) is 11.2. The summed E-state index contributed by atoms with van der Waals surface area (Å²) in [5.41, 5.74) is 0. The molecule has 5 nitrogen and oxygen atoms in total. The van der Waals surface area contributed by atoms with Gasteiger partial charge in [-0.25, -0.2) is 0 Å². The van der Waals surface area contributed by atoms with E-state index in [9.17, 15) is 9.59 Å². The van der Waals surface area contributed by atoms with Crippen molar-refractivity contribution in [1.29, 1.82) is 0 Å². The van der Waals surface area contributed by atoms with Crippen molar-refractivity contribution in [3.63, 3.8) is 0 Å². The van der Waals surface area contributed by atoms with Crippen molar-refractivity contribution in [3.8, 4) is 0 Å². The first-order valence-electron chi connectivity index (χ1n) is 6.77. The molecule has 0 aromatic heterocycles. The molecule has 0 aliphatic heterocycles. The molecule has 2 amide bonds. The van der Waals surface area contributed by atoms with Crippen LogP contribution in [0.15, 0.2) is 0 Å². The number of carbonyl (C=O) groups is 2. The molecule has 1 saturated carbocycles. The molecule has 1 aliphatic carbocycles. The Balaban J connectivity index is 2.02. The Morgan fingerprint density at radius 3 is 2.44 bits per heavy atom. The van der Waals surface area contributed by atoms with Crippen LogP contribution < -0.4 is 10.6 Å². The Bertz CT molecular complexity index is 263. The molecule has 0 atom stereocenters. The summed E-state index contributed by atoms with van der Waals surface area (Å²) in [6.07, 6.45) is 5.95. The van der Waals surface area contributed by atoms with Crippen molar-refractivity contribution in [2.24, 2.45) is 5.92 Å². The number of carbonyl (C=O) groups excluding carboxylic acids is 2. The second-order valence-corrected chi connectivity index (χ2v) is 4.72. The highest BCUT2D eigenvalue weighted by Gasteiger charge is 2.20. The SMILES string of the molecule is COCCC(=O)NCCNC(=O)C1CCCCC1. The number of rotatable bonds is 7. The number of nitrogens with one attached hydrogen (secondary N) is 2. The highest BCUT2D eigenvalue weighted by Crippen LogP contribution is 2.23. The first-order valence-corrected chi connectivity index (χ1v) is 6.77. The van der Waals surface area contributed by atoms with E-state index in [4.69, 9.17) is 4.74 Å². The largest absolute Gasteiger partial charge is 0.384 e. The molecular weight excluding hydrogens is 232 g/mol. The standard InChI is InChI=1S/C13H24N2O3/c1-18-10-7-12(16)14-8-9-15-13(17)11-5-3-2-4-6-11/h11H,2-10H2,1H3,(H,14,16)(H,15,17). The molecule has 1 aliphatic rings. The molecule has 0 heterocycles. The van der Waals surface area contributed by atoms with Crippen LogP contribution in [0.2, 0.25) is 0 Å². The molecule has 1 fully saturated rings. The minimum absolute atomic E-state index is 0.0382. The van der Waals surface area contributed by atoms with Crippen molar-refractivity contribution < 1.29 is 14.3 Å². The first kappa shape index (κ1) is 15.0. The molecule has 0 aromatic carbocycles. The zero-order chi connectivity index (χ0) is 13.2. The Labute approximate surface area is 109 Å². The van der Waals surface area contributed by atoms with E-state index in [1.165, 1.54) is 6.42 Å². The minimum Gasteiger partial charge on any atom is -0.384 e. The molecule has 2 N–H and O–H groups in total. The first-order chi connectivity index (χ1) is 8.74. The Morgan fingerprint density at radius 1 is 1.11 bits per heavy atom. The maximum absolute atomic E-state index is 11.8. The van der Waals surface area contributed by atoms with E-state index in [1.807, 2.05) is 0 Å². The van der Waals surface area contributed by atoms with Crippen molar-refractivity contribution in [3.05, 3.63) is 0 Å². The predicted octanol–water partition coefficient (Wildman–Crippen LogP) is 0.836. The van der Waals surface area contributed by atoms with E-state index in [0.29, 0.717) is 26.1 Å². The van der Waals surface area contributed by atoms with Gasteiger partial charge in [-0.2, -0.15) is 0 Å². The van der Waals surface area contributed by atoms with Crippen LogP contribution in [0.3, 0.4) is 0 Å². The van der Waals surface area contributed by atoms with E-state index < -0.39 is 0 Å². The quantitative estimate of drug-likeness (QED) is 0.663. The number of hydrogen-bond acceptors (Lipinski definition) is 3. The highest BCUT2D eigenvalue weighted by atomic mass is 16.5. The number of hydrogen-bond donors (Lipinski definition) is 2. The van der Waals surface area contributed by atoms with Gasteiger partial charge >= 0.3 is 0 Å². The summed E-state index contributed by atoms with van der Waals surface area (Å²) in [5.74, 6) is 0.285. The third-order valence-electron chi connectivity index (χ3n) is 3.26. The summed E-state index contributed by atoms with van der Waals surface area (Å²) in [6, 6.07) is 0. The summed E-state index contributed by atoms with van der Waals surface area (Å²) in [6.45, 7) is 1.43. The van der Waals surface area contributed by atoms with Gasteiger partial charge in [0.05, 0.1) is 6.61 Å². The van der Waals surface area contributed by atoms with Crippen LogP contribution in [-0.2, 0) is 14.3 Å². The summed E-state index contributed by atoms with van der Waals surface area (Å²) in [7, 11) is 1.57. The molecular formula is C13H24N2O3. The molecule has 0 aromatic rings. The van der Waals surface area contributed by atoms with Crippen LogP contribution in [0.25, 0.3) is 0 Å². The lowest BCUT2D eigenvalue weighted by molar-refractivity contribution is -0.126. The molecule has 0 unspecified atom stereocenters. The molecule has 0 saturated heterocycles. The smallest absolute Gasteiger partial charge is 0.223 e. The van der Waals surface area contributed by atoms with Crippen molar-refractivity contribution >= 4 is 11.8 Å². The van der Waals surface area contributed by atoms with E-state index in [-0.39, 0.29) is 17.7 Å². The molecule has 0 spiro atoms. The average Bonchev–Trinajstić information content (AvgIpc) is 2.42. The summed E-state index contributed by atoms with van der Waals surface area (Å²) in [4.78, 5) is 23.0. The van der Waals surface area contributed by atoms with Crippen LogP contribution in [0, 0.1) is 5.92 Å². The molecule has 0 bridgehead atoms. The molecule has 1 rings (SSSR count). The molecule has 0 radical (unpaired) electrons. The lowest BCUT2D eigenvalue weighted by Crippen LogP contribution is -2.38. The second kappa shape index (κ2) is 8.91. The van der Waals surface area contributed by atoms with Crippen LogP contribution in [0.5, 0.6) is 0 Å². The van der Waals surface area contributed by atoms with Gasteiger partial charge in [0, 0.05) is 32.5 Å². The Hall–Kier alpha value is -1.10. The fraction of sp³-hybridized carbons (Fsp3) is 0.846. The van der Waals surface area contributed by atoms with Gasteiger partial charge in [0.2, 0.25) is 11.8 Å². The predicted molar refractivity (Wildman–Crippen MR) is 69.1 cm³/mol. The van der Waals surface area contributed by atoms with Gasteiger partial charge in [0.25, 0.3) is 0 Å². The molecule has 104 valence electrons. The fourth-order valence-corrected chi connectivity index (χ4v) is 2.18. The van der Waals surface area contributed by atoms with E-state index in [2.05, 4.69) is 10.6 Å². The van der Waals surface area contributed by atoms with Crippen molar-refractivity contribution in [2.75, 3.05) is 26.8 Å². The fourth-order valence-electron chi connectivity index (χ4n) is 2.18. The topological polar surface area (TPSA) is 67.4 Å². The van der Waals surface area contributed by atoms with Crippen LogP contribution in [0.1, 0.15) is 38.5 Å². The number of methoxy groups -OCH3 is 1. The van der Waals surface area contributed by atoms with Crippen molar-refractivity contribution in [2.45, 2.75) is 38.5 Å². The maximum atomic E-state index is 11.8. The molecule has 5 heteroatoms. The number of amides is 2. The van der Waals surface area contributed by atoms with Gasteiger partial charge in [0.1, 0.15) is 0 Å². The van der Waals surface area contributed by atoms with Gasteiger partial charge in [-0.15, -0.1) is 0 Å². The van der Waals surface area contributed by atoms with Crippen LogP contribution >= 0.6 is 0 Å². The lowest BCUT2D eigenvalue weighted by atomic mass is 9.89. The Morgan fingerprint density at radius 2 is 1.78 bits per heavy atom. The van der Waals surface area contributed by atoms with Gasteiger partial charge in [-0.1, -0.05) is 19.3 Å². The van der Waals surface area contributed by atoms with Crippen molar-refractivity contribution in [1.82, 2.24) is 10.6 Å². The van der Waals surface area contributed by atoms with E-state index >= 15 is 0 Å². The van der Waals surface area contributed by atoms with Gasteiger partial charge in [0.15, 0.2) is 0 Å². The van der Waals surface area contributed by atoms with Crippen LogP contribution in [0.4, 0.5) is 0 Å². The second-order valence-electron chi connectivity index (χ2n) is 4.72. The number of ether oxygens (including phenoxy) is 1. The Kier molecular flexibility index (Phi) is 7.41. The monoisotopic (exact) mass is 256 g/mol. The average molecular weight is 256 g/mol. The van der Waals surface area contributed by atoms with E-state index in [0.717, 1.165) is 25.7 Å². The van der Waals surface area contributed by atoms with Crippen LogP contribution in [-0.4, -0.2) is 38.6 Å². The third-order valence-corrected chi connectivity index (χ3v) is 3.26. The van der Waals surface area contributed by atoms with E-state index in [1.54, 1.807) is 7.11 Å². The molecule has 18 heavy (non-hydrogen) atoms. The minimum atomic E-state index is -0.0382. The zero-order valence-corrected chi connectivity index (χ0v) is 11.2. The van der Waals surface area contributed by atoms with Gasteiger partial charge in [-0.05, 0) is 12.8 Å². The lowest BCUT2D eigenvalue weighted by Gasteiger charge is -2.20. The van der Waals surface area contributed by atoms with Gasteiger partial charge in [-0.3, -0.25) is 9.59 Å². The summed E-state index contributed by atoms with van der Waals surface area (Å²) in [5, 5.41) is 5.62. The van der Waals surface area contributed by atoms with Gasteiger partial charge < -0.3 is 15.4 Å².